The Bertz CT molecular complexity index is 429. The van der Waals surface area contributed by atoms with Gasteiger partial charge in [-0.05, 0) is 24.6 Å². The van der Waals surface area contributed by atoms with Crippen molar-refractivity contribution >= 4 is 17.6 Å². The van der Waals surface area contributed by atoms with E-state index in [0.29, 0.717) is 11.4 Å². The second-order valence-electron chi connectivity index (χ2n) is 5.17. The highest BCUT2D eigenvalue weighted by Gasteiger charge is 2.19. The van der Waals surface area contributed by atoms with E-state index < -0.39 is 0 Å². The number of carbonyl (C=O) groups is 1. The van der Waals surface area contributed by atoms with Crippen molar-refractivity contribution < 1.29 is 19.2 Å². The predicted molar refractivity (Wildman–Crippen MR) is 77.1 cm³/mol. The summed E-state index contributed by atoms with van der Waals surface area (Å²) in [5.74, 6) is -0.188. The van der Waals surface area contributed by atoms with Gasteiger partial charge in [-0.3, -0.25) is 4.79 Å². The first-order valence-corrected chi connectivity index (χ1v) is 7.36. The Balaban J connectivity index is 1.74. The molecule has 5 heteroatoms. The summed E-state index contributed by atoms with van der Waals surface area (Å²) < 4.78 is 10.8. The Morgan fingerprint density at radius 2 is 2.00 bits per heavy atom. The molecule has 0 saturated carbocycles. The SMILES string of the molecule is C[C@@H](C[NH+]1CCOCC1)OC(=O)Cc1ccc(Cl)cc1. The maximum Gasteiger partial charge on any atom is 0.310 e. The van der Waals surface area contributed by atoms with Gasteiger partial charge in [0.2, 0.25) is 0 Å². The van der Waals surface area contributed by atoms with E-state index in [4.69, 9.17) is 21.1 Å². The molecule has 1 aromatic carbocycles. The van der Waals surface area contributed by atoms with Gasteiger partial charge in [-0.15, -0.1) is 0 Å². The Morgan fingerprint density at radius 3 is 2.65 bits per heavy atom. The van der Waals surface area contributed by atoms with Gasteiger partial charge in [0.05, 0.1) is 19.6 Å². The topological polar surface area (TPSA) is 40.0 Å². The van der Waals surface area contributed by atoms with Gasteiger partial charge in [-0.25, -0.2) is 0 Å². The zero-order chi connectivity index (χ0) is 14.4. The maximum absolute atomic E-state index is 11.9. The van der Waals surface area contributed by atoms with Crippen molar-refractivity contribution in [2.45, 2.75) is 19.4 Å². The second kappa shape index (κ2) is 7.62. The molecule has 1 fully saturated rings. The van der Waals surface area contributed by atoms with Crippen LogP contribution in [0.15, 0.2) is 24.3 Å². The highest BCUT2D eigenvalue weighted by molar-refractivity contribution is 6.30. The van der Waals surface area contributed by atoms with Crippen LogP contribution in [0, 0.1) is 0 Å². The summed E-state index contributed by atoms with van der Waals surface area (Å²) >= 11 is 5.81. The van der Waals surface area contributed by atoms with Gasteiger partial charge < -0.3 is 14.4 Å². The van der Waals surface area contributed by atoms with E-state index in [1.54, 1.807) is 12.1 Å². The van der Waals surface area contributed by atoms with E-state index in [2.05, 4.69) is 0 Å². The number of ether oxygens (including phenoxy) is 2. The van der Waals surface area contributed by atoms with E-state index in [-0.39, 0.29) is 12.1 Å². The number of benzene rings is 1. The molecule has 0 aromatic heterocycles. The first-order chi connectivity index (χ1) is 9.63. The number of rotatable bonds is 5. The minimum atomic E-state index is -0.188. The first-order valence-electron chi connectivity index (χ1n) is 6.99. The van der Waals surface area contributed by atoms with Crippen molar-refractivity contribution in [3.63, 3.8) is 0 Å². The van der Waals surface area contributed by atoms with Crippen LogP contribution in [0.2, 0.25) is 5.02 Å². The molecule has 1 atom stereocenters. The molecule has 1 aliphatic rings. The van der Waals surface area contributed by atoms with Crippen LogP contribution >= 0.6 is 11.6 Å². The first kappa shape index (κ1) is 15.3. The van der Waals surface area contributed by atoms with E-state index in [1.165, 1.54) is 4.90 Å². The lowest BCUT2D eigenvalue weighted by atomic mass is 10.1. The Hall–Kier alpha value is -1.10. The van der Waals surface area contributed by atoms with E-state index in [1.807, 2.05) is 19.1 Å². The van der Waals surface area contributed by atoms with E-state index >= 15 is 0 Å². The molecule has 1 aromatic rings. The minimum Gasteiger partial charge on any atom is -0.456 e. The number of nitrogens with one attached hydrogen (secondary N) is 1. The number of carbonyl (C=O) groups excluding carboxylic acids is 1. The van der Waals surface area contributed by atoms with Gasteiger partial charge in [0.15, 0.2) is 0 Å². The average Bonchev–Trinajstić information content (AvgIpc) is 2.42. The number of hydrogen-bond acceptors (Lipinski definition) is 3. The van der Waals surface area contributed by atoms with Crippen molar-refractivity contribution in [3.05, 3.63) is 34.9 Å². The van der Waals surface area contributed by atoms with Crippen molar-refractivity contribution in [2.24, 2.45) is 0 Å². The fourth-order valence-corrected chi connectivity index (χ4v) is 2.47. The van der Waals surface area contributed by atoms with Gasteiger partial charge in [0.25, 0.3) is 0 Å². The van der Waals surface area contributed by atoms with Crippen molar-refractivity contribution in [3.8, 4) is 0 Å². The highest BCUT2D eigenvalue weighted by atomic mass is 35.5. The number of quaternary nitrogens is 1. The predicted octanol–water partition coefficient (Wildman–Crippen LogP) is 0.729. The second-order valence-corrected chi connectivity index (χ2v) is 5.61. The molecular weight excluding hydrogens is 278 g/mol. The van der Waals surface area contributed by atoms with Crippen LogP contribution in [-0.4, -0.2) is 44.9 Å². The highest BCUT2D eigenvalue weighted by Crippen LogP contribution is 2.10. The fraction of sp³-hybridized carbons (Fsp3) is 0.533. The zero-order valence-corrected chi connectivity index (χ0v) is 12.5. The maximum atomic E-state index is 11.9. The molecule has 1 heterocycles. The largest absolute Gasteiger partial charge is 0.456 e. The third-order valence-electron chi connectivity index (χ3n) is 3.37. The lowest BCUT2D eigenvalue weighted by Crippen LogP contribution is -3.15. The molecule has 0 amide bonds. The number of esters is 1. The monoisotopic (exact) mass is 298 g/mol. The van der Waals surface area contributed by atoms with Crippen molar-refractivity contribution in [1.29, 1.82) is 0 Å². The van der Waals surface area contributed by atoms with Gasteiger partial charge in [0.1, 0.15) is 25.7 Å². The molecule has 2 rings (SSSR count). The fourth-order valence-electron chi connectivity index (χ4n) is 2.35. The van der Waals surface area contributed by atoms with E-state index in [0.717, 1.165) is 38.4 Å². The third kappa shape index (κ3) is 5.12. The molecule has 1 saturated heterocycles. The Labute approximate surface area is 124 Å². The van der Waals surface area contributed by atoms with Crippen LogP contribution in [0.3, 0.4) is 0 Å². The zero-order valence-electron chi connectivity index (χ0n) is 11.7. The number of halogens is 1. The smallest absolute Gasteiger partial charge is 0.310 e. The molecule has 0 unspecified atom stereocenters. The molecule has 1 N–H and O–H groups in total. The summed E-state index contributed by atoms with van der Waals surface area (Å²) in [4.78, 5) is 13.3. The van der Waals surface area contributed by atoms with Gasteiger partial charge in [-0.2, -0.15) is 0 Å². The quantitative estimate of drug-likeness (QED) is 0.815. The lowest BCUT2D eigenvalue weighted by molar-refractivity contribution is -0.910. The van der Waals surface area contributed by atoms with Crippen LogP contribution < -0.4 is 4.90 Å². The molecular formula is C15H21ClNO3+. The Morgan fingerprint density at radius 1 is 1.35 bits per heavy atom. The number of hydrogen-bond donors (Lipinski definition) is 1. The van der Waals surface area contributed by atoms with Gasteiger partial charge in [0, 0.05) is 5.02 Å². The van der Waals surface area contributed by atoms with Crippen LogP contribution in [-0.2, 0) is 20.7 Å². The third-order valence-corrected chi connectivity index (χ3v) is 3.62. The van der Waals surface area contributed by atoms with Gasteiger partial charge >= 0.3 is 5.97 Å². The normalized spacial score (nSPS) is 17.7. The van der Waals surface area contributed by atoms with Crippen molar-refractivity contribution in [2.75, 3.05) is 32.8 Å². The standard InChI is InChI=1S/C15H20ClNO3/c1-12(11-17-6-8-19-9-7-17)20-15(18)10-13-2-4-14(16)5-3-13/h2-5,12H,6-11H2,1H3/p+1/t12-/m0/s1. The number of morpholine rings is 1. The minimum absolute atomic E-state index is 0.0668. The summed E-state index contributed by atoms with van der Waals surface area (Å²) in [5, 5.41) is 0.673. The summed E-state index contributed by atoms with van der Waals surface area (Å²) in [5.41, 5.74) is 0.922. The van der Waals surface area contributed by atoms with Crippen molar-refractivity contribution in [1.82, 2.24) is 0 Å². The lowest BCUT2D eigenvalue weighted by Gasteiger charge is -2.26. The summed E-state index contributed by atoms with van der Waals surface area (Å²) in [7, 11) is 0. The molecule has 1 aliphatic heterocycles. The molecule has 0 bridgehead atoms. The molecule has 0 aliphatic carbocycles. The molecule has 20 heavy (non-hydrogen) atoms. The van der Waals surface area contributed by atoms with E-state index in [9.17, 15) is 4.79 Å². The molecule has 4 nitrogen and oxygen atoms in total. The Kier molecular flexibility index (Phi) is 5.83. The summed E-state index contributed by atoms with van der Waals surface area (Å²) in [6, 6.07) is 7.26. The average molecular weight is 299 g/mol. The summed E-state index contributed by atoms with van der Waals surface area (Å²) in [6.07, 6.45) is 0.225. The van der Waals surface area contributed by atoms with Crippen LogP contribution in [0.1, 0.15) is 12.5 Å². The summed E-state index contributed by atoms with van der Waals surface area (Å²) in [6.45, 7) is 6.34. The van der Waals surface area contributed by atoms with Crippen LogP contribution in [0.4, 0.5) is 0 Å². The molecule has 0 spiro atoms. The van der Waals surface area contributed by atoms with Gasteiger partial charge in [-0.1, -0.05) is 23.7 Å². The molecule has 0 radical (unpaired) electrons. The molecule has 110 valence electrons. The van der Waals surface area contributed by atoms with Crippen LogP contribution in [0.5, 0.6) is 0 Å². The van der Waals surface area contributed by atoms with Crippen LogP contribution in [0.25, 0.3) is 0 Å².